The van der Waals surface area contributed by atoms with Crippen molar-refractivity contribution in [1.29, 1.82) is 0 Å². The molecule has 8 heteroatoms. The van der Waals surface area contributed by atoms with Gasteiger partial charge in [-0.3, -0.25) is 4.99 Å². The molecule has 0 spiro atoms. The molecule has 3 rings (SSSR count). The van der Waals surface area contributed by atoms with Gasteiger partial charge in [-0.2, -0.15) is 0 Å². The molecule has 7 nitrogen and oxygen atoms in total. The average Bonchev–Trinajstić information content (AvgIpc) is 2.83. The molecule has 176 valence electrons. The molecule has 3 aromatic rings. The number of hydrogen-bond acceptors (Lipinski definition) is 5. The van der Waals surface area contributed by atoms with Gasteiger partial charge in [-0.05, 0) is 37.6 Å². The second kappa shape index (κ2) is 14.2. The Morgan fingerprint density at radius 3 is 2.12 bits per heavy atom. The number of rotatable bonds is 10. The summed E-state index contributed by atoms with van der Waals surface area (Å²) in [5.41, 5.74) is 2.08. The van der Waals surface area contributed by atoms with Crippen LogP contribution in [0.15, 0.2) is 71.9 Å². The summed E-state index contributed by atoms with van der Waals surface area (Å²) in [4.78, 5) is 8.70. The van der Waals surface area contributed by atoms with Crippen LogP contribution in [0.2, 0.25) is 0 Å². The minimum atomic E-state index is 0. The molecule has 0 saturated carbocycles. The fraction of sp³-hybridized carbons (Fsp3) is 0.280. The van der Waals surface area contributed by atoms with E-state index in [1.807, 2.05) is 74.5 Å². The number of nitrogens with zero attached hydrogens (tertiary/aromatic N) is 2. The first-order chi connectivity index (χ1) is 15.7. The van der Waals surface area contributed by atoms with Gasteiger partial charge in [-0.25, -0.2) is 4.98 Å². The highest BCUT2D eigenvalue weighted by Crippen LogP contribution is 2.30. The molecule has 0 saturated heterocycles. The Balaban J connectivity index is 0.00000385. The molecule has 1 aromatic heterocycles. The Morgan fingerprint density at radius 2 is 1.45 bits per heavy atom. The molecule has 2 aromatic carbocycles. The summed E-state index contributed by atoms with van der Waals surface area (Å²) < 4.78 is 17.2. The van der Waals surface area contributed by atoms with E-state index < -0.39 is 0 Å². The predicted octanol–water partition coefficient (Wildman–Crippen LogP) is 5.15. The molecule has 0 radical (unpaired) electrons. The second-order valence-corrected chi connectivity index (χ2v) is 6.81. The molecular formula is C25H31IN4O3. The SMILES string of the molecule is CCOc1ccccc1CNC(=NC)NCc1ccc(Oc2ccccc2OCC)nc1.I. The van der Waals surface area contributed by atoms with Crippen molar-refractivity contribution in [3.63, 3.8) is 0 Å². The smallest absolute Gasteiger partial charge is 0.219 e. The molecular weight excluding hydrogens is 531 g/mol. The van der Waals surface area contributed by atoms with Crippen LogP contribution in [0.25, 0.3) is 0 Å². The van der Waals surface area contributed by atoms with E-state index in [4.69, 9.17) is 14.2 Å². The topological polar surface area (TPSA) is 77.0 Å². The molecule has 1 heterocycles. The molecule has 33 heavy (non-hydrogen) atoms. The summed E-state index contributed by atoms with van der Waals surface area (Å²) >= 11 is 0. The van der Waals surface area contributed by atoms with Crippen LogP contribution in [-0.2, 0) is 13.1 Å². The van der Waals surface area contributed by atoms with Crippen molar-refractivity contribution in [3.8, 4) is 23.1 Å². The minimum Gasteiger partial charge on any atom is -0.494 e. The Hall–Kier alpha value is -3.01. The number of halogens is 1. The van der Waals surface area contributed by atoms with Crippen LogP contribution in [0.4, 0.5) is 0 Å². The fourth-order valence-electron chi connectivity index (χ4n) is 3.03. The summed E-state index contributed by atoms with van der Waals surface area (Å²) in [5.74, 6) is 3.43. The second-order valence-electron chi connectivity index (χ2n) is 6.81. The Kier molecular flexibility index (Phi) is 11.3. The molecule has 0 aliphatic carbocycles. The highest BCUT2D eigenvalue weighted by Gasteiger charge is 2.07. The molecule has 0 atom stereocenters. The van der Waals surface area contributed by atoms with Gasteiger partial charge in [0.1, 0.15) is 5.75 Å². The van der Waals surface area contributed by atoms with E-state index in [0.29, 0.717) is 49.6 Å². The van der Waals surface area contributed by atoms with E-state index in [9.17, 15) is 0 Å². The lowest BCUT2D eigenvalue weighted by molar-refractivity contribution is 0.319. The van der Waals surface area contributed by atoms with E-state index in [-0.39, 0.29) is 24.0 Å². The molecule has 2 N–H and O–H groups in total. The Labute approximate surface area is 212 Å². The average molecular weight is 562 g/mol. The van der Waals surface area contributed by atoms with E-state index in [1.165, 1.54) is 0 Å². The maximum atomic E-state index is 5.88. The molecule has 0 aliphatic heterocycles. The van der Waals surface area contributed by atoms with Gasteiger partial charge < -0.3 is 24.8 Å². The maximum Gasteiger partial charge on any atom is 0.219 e. The van der Waals surface area contributed by atoms with Gasteiger partial charge in [0.25, 0.3) is 0 Å². The molecule has 0 amide bonds. The third-order valence-corrected chi connectivity index (χ3v) is 4.56. The van der Waals surface area contributed by atoms with Gasteiger partial charge in [0.2, 0.25) is 5.88 Å². The third-order valence-electron chi connectivity index (χ3n) is 4.56. The standard InChI is InChI=1S/C25H30N4O3.HI/c1-4-30-21-11-7-6-10-20(21)18-29-25(26-3)28-17-19-14-15-24(27-16-19)32-23-13-9-8-12-22(23)31-5-2;/h6-16H,4-5,17-18H2,1-3H3,(H2,26,28,29);1H. The summed E-state index contributed by atoms with van der Waals surface area (Å²) in [7, 11) is 1.74. The number of hydrogen-bond donors (Lipinski definition) is 2. The van der Waals surface area contributed by atoms with Gasteiger partial charge in [-0.15, -0.1) is 24.0 Å². The number of aliphatic imine (C=N–C) groups is 1. The zero-order valence-electron chi connectivity index (χ0n) is 19.2. The van der Waals surface area contributed by atoms with Gasteiger partial charge in [0, 0.05) is 38.0 Å². The van der Waals surface area contributed by atoms with Crippen LogP contribution in [0.3, 0.4) is 0 Å². The number of benzene rings is 2. The van der Waals surface area contributed by atoms with Crippen molar-refractivity contribution in [2.75, 3.05) is 20.3 Å². The highest BCUT2D eigenvalue weighted by molar-refractivity contribution is 14.0. The van der Waals surface area contributed by atoms with Gasteiger partial charge >= 0.3 is 0 Å². The van der Waals surface area contributed by atoms with Gasteiger partial charge in [-0.1, -0.05) is 36.4 Å². The van der Waals surface area contributed by atoms with E-state index in [1.54, 1.807) is 13.2 Å². The maximum absolute atomic E-state index is 5.88. The van der Waals surface area contributed by atoms with Crippen molar-refractivity contribution < 1.29 is 14.2 Å². The molecule has 0 unspecified atom stereocenters. The minimum absolute atomic E-state index is 0. The summed E-state index contributed by atoms with van der Waals surface area (Å²) in [6, 6.07) is 19.3. The first kappa shape index (κ1) is 26.2. The van der Waals surface area contributed by atoms with Crippen molar-refractivity contribution in [2.45, 2.75) is 26.9 Å². The monoisotopic (exact) mass is 562 g/mol. The van der Waals surface area contributed by atoms with Crippen LogP contribution in [0, 0.1) is 0 Å². The van der Waals surface area contributed by atoms with Crippen LogP contribution < -0.4 is 24.8 Å². The Bertz CT molecular complexity index is 1010. The normalized spacial score (nSPS) is 10.7. The lowest BCUT2D eigenvalue weighted by atomic mass is 10.2. The van der Waals surface area contributed by atoms with Crippen molar-refractivity contribution in [2.24, 2.45) is 4.99 Å². The van der Waals surface area contributed by atoms with Crippen LogP contribution >= 0.6 is 24.0 Å². The van der Waals surface area contributed by atoms with Crippen LogP contribution in [0.1, 0.15) is 25.0 Å². The largest absolute Gasteiger partial charge is 0.494 e. The lowest BCUT2D eigenvalue weighted by Gasteiger charge is -2.14. The van der Waals surface area contributed by atoms with Crippen molar-refractivity contribution in [3.05, 3.63) is 78.0 Å². The Morgan fingerprint density at radius 1 is 0.818 bits per heavy atom. The molecule has 0 fully saturated rings. The molecule has 0 bridgehead atoms. The predicted molar refractivity (Wildman–Crippen MR) is 142 cm³/mol. The third kappa shape index (κ3) is 8.12. The van der Waals surface area contributed by atoms with Gasteiger partial charge in [0.15, 0.2) is 17.5 Å². The van der Waals surface area contributed by atoms with E-state index in [0.717, 1.165) is 16.9 Å². The van der Waals surface area contributed by atoms with Crippen LogP contribution in [-0.4, -0.2) is 31.2 Å². The fourth-order valence-corrected chi connectivity index (χ4v) is 3.03. The summed E-state index contributed by atoms with van der Waals surface area (Å²) in [5, 5.41) is 6.62. The zero-order chi connectivity index (χ0) is 22.6. The first-order valence-electron chi connectivity index (χ1n) is 10.7. The lowest BCUT2D eigenvalue weighted by Crippen LogP contribution is -2.36. The van der Waals surface area contributed by atoms with Crippen molar-refractivity contribution in [1.82, 2.24) is 15.6 Å². The van der Waals surface area contributed by atoms with Gasteiger partial charge in [0.05, 0.1) is 13.2 Å². The summed E-state index contributed by atoms with van der Waals surface area (Å²) in [6.07, 6.45) is 1.78. The van der Waals surface area contributed by atoms with Crippen LogP contribution in [0.5, 0.6) is 23.1 Å². The number of guanidine groups is 1. The van der Waals surface area contributed by atoms with E-state index >= 15 is 0 Å². The number of nitrogens with one attached hydrogen (secondary N) is 2. The number of para-hydroxylation sites is 3. The molecule has 0 aliphatic rings. The number of pyridine rings is 1. The number of ether oxygens (including phenoxy) is 3. The highest BCUT2D eigenvalue weighted by atomic mass is 127. The zero-order valence-corrected chi connectivity index (χ0v) is 21.5. The first-order valence-corrected chi connectivity index (χ1v) is 10.7. The summed E-state index contributed by atoms with van der Waals surface area (Å²) in [6.45, 7) is 6.32. The number of aromatic nitrogens is 1. The van der Waals surface area contributed by atoms with E-state index in [2.05, 4.69) is 20.6 Å². The van der Waals surface area contributed by atoms with Crippen molar-refractivity contribution >= 4 is 29.9 Å². The quantitative estimate of drug-likeness (QED) is 0.202.